The van der Waals surface area contributed by atoms with Crippen molar-refractivity contribution in [1.29, 1.82) is 0 Å². The molecule has 0 N–H and O–H groups in total. The minimum Gasteiger partial charge on any atom is -0.306 e. The molecule has 2 aromatic rings. The lowest BCUT2D eigenvalue weighted by Crippen LogP contribution is -2.36. The quantitative estimate of drug-likeness (QED) is 0.694. The summed E-state index contributed by atoms with van der Waals surface area (Å²) in [5.74, 6) is 1.03. The van der Waals surface area contributed by atoms with Gasteiger partial charge in [-0.25, -0.2) is 0 Å². The van der Waals surface area contributed by atoms with E-state index in [9.17, 15) is 0 Å². The summed E-state index contributed by atoms with van der Waals surface area (Å²) in [6.45, 7) is 2.32. The van der Waals surface area contributed by atoms with Crippen LogP contribution in [0.5, 0.6) is 0 Å². The average molecular weight is 348 g/mol. The highest BCUT2D eigenvalue weighted by Crippen LogP contribution is 2.42. The fourth-order valence-corrected chi connectivity index (χ4v) is 4.00. The first-order valence-electron chi connectivity index (χ1n) is 8.16. The minimum absolute atomic E-state index is 0.391. The molecule has 3 atom stereocenters. The van der Waals surface area contributed by atoms with Gasteiger partial charge in [0.05, 0.1) is 10.0 Å². The third kappa shape index (κ3) is 3.42. The van der Waals surface area contributed by atoms with E-state index >= 15 is 0 Å². The van der Waals surface area contributed by atoms with Crippen LogP contribution in [0, 0.1) is 5.92 Å². The highest BCUT2D eigenvalue weighted by Gasteiger charge is 2.31. The number of halogens is 2. The molecule has 0 bridgehead atoms. The van der Waals surface area contributed by atoms with E-state index in [0.717, 1.165) is 12.8 Å². The largest absolute Gasteiger partial charge is 0.306 e. The van der Waals surface area contributed by atoms with Gasteiger partial charge >= 0.3 is 0 Å². The van der Waals surface area contributed by atoms with Crippen LogP contribution in [-0.2, 0) is 6.42 Å². The number of nitrogens with zero attached hydrogens (tertiary/aromatic N) is 1. The Balaban J connectivity index is 2.01. The molecule has 1 aliphatic carbocycles. The second-order valence-corrected chi connectivity index (χ2v) is 7.64. The summed E-state index contributed by atoms with van der Waals surface area (Å²) < 4.78 is 0. The molecule has 23 heavy (non-hydrogen) atoms. The van der Waals surface area contributed by atoms with E-state index in [4.69, 9.17) is 23.2 Å². The van der Waals surface area contributed by atoms with Crippen molar-refractivity contribution < 1.29 is 0 Å². The topological polar surface area (TPSA) is 3.24 Å². The first-order chi connectivity index (χ1) is 11.0. The van der Waals surface area contributed by atoms with Gasteiger partial charge in [0, 0.05) is 12.0 Å². The fourth-order valence-electron chi connectivity index (χ4n) is 3.69. The summed E-state index contributed by atoms with van der Waals surface area (Å²) in [6, 6.07) is 15.4. The van der Waals surface area contributed by atoms with Crippen molar-refractivity contribution in [2.45, 2.75) is 31.7 Å². The number of hydrogen-bond donors (Lipinski definition) is 0. The highest BCUT2D eigenvalue weighted by atomic mass is 35.5. The monoisotopic (exact) mass is 347 g/mol. The molecule has 3 rings (SSSR count). The van der Waals surface area contributed by atoms with Crippen LogP contribution in [0.15, 0.2) is 42.5 Å². The molecule has 122 valence electrons. The number of hydrogen-bond acceptors (Lipinski definition) is 1. The van der Waals surface area contributed by atoms with Crippen molar-refractivity contribution in [3.63, 3.8) is 0 Å². The van der Waals surface area contributed by atoms with Gasteiger partial charge in [-0.15, -0.1) is 0 Å². The van der Waals surface area contributed by atoms with Gasteiger partial charge in [0.25, 0.3) is 0 Å². The van der Waals surface area contributed by atoms with E-state index in [1.165, 1.54) is 16.7 Å². The summed E-state index contributed by atoms with van der Waals surface area (Å²) in [4.78, 5) is 2.32. The first kappa shape index (κ1) is 16.8. The lowest BCUT2D eigenvalue weighted by molar-refractivity contribution is 0.205. The second kappa shape index (κ2) is 6.84. The summed E-state index contributed by atoms with van der Waals surface area (Å²) in [5.41, 5.74) is 4.17. The Morgan fingerprint density at radius 3 is 2.48 bits per heavy atom. The Hall–Kier alpha value is -1.02. The van der Waals surface area contributed by atoms with Gasteiger partial charge in [-0.2, -0.15) is 0 Å². The zero-order valence-corrected chi connectivity index (χ0v) is 15.4. The van der Waals surface area contributed by atoms with Gasteiger partial charge in [-0.3, -0.25) is 0 Å². The summed E-state index contributed by atoms with van der Waals surface area (Å²) in [5, 5.41) is 1.27. The molecule has 0 radical (unpaired) electrons. The van der Waals surface area contributed by atoms with Crippen LogP contribution in [0.4, 0.5) is 0 Å². The minimum atomic E-state index is 0.391. The Labute approximate surface area is 149 Å². The summed E-state index contributed by atoms with van der Waals surface area (Å²) in [7, 11) is 4.33. The molecule has 0 aliphatic heterocycles. The zero-order valence-electron chi connectivity index (χ0n) is 13.9. The molecule has 2 aromatic carbocycles. The van der Waals surface area contributed by atoms with Gasteiger partial charge in [-0.05, 0) is 68.6 Å². The molecule has 0 fully saturated rings. The van der Waals surface area contributed by atoms with Crippen molar-refractivity contribution in [2.24, 2.45) is 5.92 Å². The standard InChI is InChI=1S/C20H23Cl2N/c1-13(23(2)3)16-10-14-6-4-5-7-17(14)18(11-16)15-8-9-19(21)20(22)12-15/h4-9,12-13,16,18H,10-11H2,1-3H3. The first-order valence-corrected chi connectivity index (χ1v) is 8.92. The Morgan fingerprint density at radius 2 is 1.78 bits per heavy atom. The second-order valence-electron chi connectivity index (χ2n) is 6.83. The number of rotatable bonds is 3. The molecule has 3 heteroatoms. The lowest BCUT2D eigenvalue weighted by atomic mass is 9.72. The van der Waals surface area contributed by atoms with Crippen molar-refractivity contribution in [2.75, 3.05) is 14.1 Å². The van der Waals surface area contributed by atoms with E-state index < -0.39 is 0 Å². The normalized spacial score (nSPS) is 22.0. The van der Waals surface area contributed by atoms with Crippen LogP contribution in [0.3, 0.4) is 0 Å². The molecule has 1 aliphatic rings. The van der Waals surface area contributed by atoms with Crippen LogP contribution in [0.1, 0.15) is 36.0 Å². The van der Waals surface area contributed by atoms with Gasteiger partial charge < -0.3 is 4.90 Å². The molecule has 0 amide bonds. The highest BCUT2D eigenvalue weighted by molar-refractivity contribution is 6.42. The maximum atomic E-state index is 6.27. The maximum Gasteiger partial charge on any atom is 0.0595 e. The maximum absolute atomic E-state index is 6.27. The molecule has 0 heterocycles. The van der Waals surface area contributed by atoms with Crippen LogP contribution in [0.2, 0.25) is 10.0 Å². The number of fused-ring (bicyclic) bond motifs is 1. The van der Waals surface area contributed by atoms with Crippen molar-refractivity contribution in [3.05, 3.63) is 69.2 Å². The summed E-state index contributed by atoms with van der Waals surface area (Å²) >= 11 is 12.4. The molecular weight excluding hydrogens is 325 g/mol. The summed E-state index contributed by atoms with van der Waals surface area (Å²) in [6.07, 6.45) is 2.29. The molecule has 0 spiro atoms. The van der Waals surface area contributed by atoms with E-state index in [2.05, 4.69) is 56.3 Å². The smallest absolute Gasteiger partial charge is 0.0595 e. The van der Waals surface area contributed by atoms with Crippen LogP contribution in [-0.4, -0.2) is 25.0 Å². The molecule has 0 aromatic heterocycles. The van der Waals surface area contributed by atoms with Crippen molar-refractivity contribution in [1.82, 2.24) is 4.90 Å². The third-order valence-electron chi connectivity index (χ3n) is 5.29. The lowest BCUT2D eigenvalue weighted by Gasteiger charge is -2.37. The van der Waals surface area contributed by atoms with Crippen LogP contribution >= 0.6 is 23.2 Å². The molecule has 3 unspecified atom stereocenters. The molecular formula is C20H23Cl2N. The van der Waals surface area contributed by atoms with E-state index in [1.54, 1.807) is 0 Å². The van der Waals surface area contributed by atoms with E-state index in [1.807, 2.05) is 12.1 Å². The average Bonchev–Trinajstić information content (AvgIpc) is 2.55. The van der Waals surface area contributed by atoms with Gasteiger partial charge in [0.2, 0.25) is 0 Å². The number of benzene rings is 2. The zero-order chi connectivity index (χ0) is 16.6. The Morgan fingerprint density at radius 1 is 1.04 bits per heavy atom. The SMILES string of the molecule is CC(C1Cc2ccccc2C(c2ccc(Cl)c(Cl)c2)C1)N(C)C. The van der Waals surface area contributed by atoms with Gasteiger partial charge in [-0.1, -0.05) is 53.5 Å². The van der Waals surface area contributed by atoms with Crippen molar-refractivity contribution in [3.8, 4) is 0 Å². The Kier molecular flexibility index (Phi) is 5.01. The van der Waals surface area contributed by atoms with E-state index in [-0.39, 0.29) is 0 Å². The third-order valence-corrected chi connectivity index (χ3v) is 6.03. The fraction of sp³-hybridized carbons (Fsp3) is 0.400. The molecule has 1 nitrogen and oxygen atoms in total. The van der Waals surface area contributed by atoms with Crippen molar-refractivity contribution >= 4 is 23.2 Å². The van der Waals surface area contributed by atoms with Crippen LogP contribution < -0.4 is 0 Å². The predicted octanol–water partition coefficient (Wildman–Crippen LogP) is 5.64. The van der Waals surface area contributed by atoms with Crippen LogP contribution in [0.25, 0.3) is 0 Å². The van der Waals surface area contributed by atoms with Gasteiger partial charge in [0.1, 0.15) is 0 Å². The predicted molar refractivity (Wildman–Crippen MR) is 99.7 cm³/mol. The molecule has 0 saturated heterocycles. The Bertz CT molecular complexity index is 696. The molecule has 0 saturated carbocycles. The van der Waals surface area contributed by atoms with E-state index in [0.29, 0.717) is 27.9 Å². The van der Waals surface area contributed by atoms with Gasteiger partial charge in [0.15, 0.2) is 0 Å².